The number of aryl methyl sites for hydroxylation is 1. The average Bonchev–Trinajstić information content (AvgIpc) is 3.63. The van der Waals surface area contributed by atoms with E-state index in [1.807, 2.05) is 37.3 Å². The molecule has 0 saturated carbocycles. The van der Waals surface area contributed by atoms with Crippen LogP contribution in [-0.4, -0.2) is 27.6 Å². The fraction of sp³-hybridized carbons (Fsp3) is 0.326. The zero-order valence-electron chi connectivity index (χ0n) is 31.0. The monoisotopic (exact) mass is 857 g/mol. The van der Waals surface area contributed by atoms with Crippen LogP contribution in [0.15, 0.2) is 83.4 Å². The SMILES string of the molecule is CC(C)Cc1cc(-c2[c-]cccc2)ncc1[Si](C)(C)C.Cc1ccc2c(n1)oc1c(-c3nc4ccccc4n3C(C)C)[c-]cc(C(C)C)c12.[Ir]. The summed E-state index contributed by atoms with van der Waals surface area (Å²) in [5.41, 5.74) is 10.3. The molecule has 7 aromatic rings. The smallest absolute Gasteiger partial charge is 0.216 e. The summed E-state index contributed by atoms with van der Waals surface area (Å²) >= 11 is 0. The van der Waals surface area contributed by atoms with Crippen molar-refractivity contribution in [2.45, 2.75) is 86.5 Å². The molecule has 4 heterocycles. The molecule has 0 unspecified atom stereocenters. The molecule has 0 aliphatic rings. The average molecular weight is 857 g/mol. The minimum atomic E-state index is -1.34. The Kier molecular flexibility index (Phi) is 11.3. The van der Waals surface area contributed by atoms with Gasteiger partial charge in [-0.15, -0.1) is 53.6 Å². The van der Waals surface area contributed by atoms with Crippen LogP contribution in [0.1, 0.15) is 70.3 Å². The first-order valence-electron chi connectivity index (χ1n) is 17.5. The second kappa shape index (κ2) is 15.1. The molecule has 5 nitrogen and oxygen atoms in total. The van der Waals surface area contributed by atoms with E-state index >= 15 is 0 Å². The molecule has 7 heteroatoms. The van der Waals surface area contributed by atoms with Gasteiger partial charge in [0.2, 0.25) is 5.71 Å². The Morgan fingerprint density at radius 1 is 0.880 bits per heavy atom. The number of imidazole rings is 1. The van der Waals surface area contributed by atoms with Crippen LogP contribution < -0.4 is 5.19 Å². The van der Waals surface area contributed by atoms with Crippen LogP contribution in [0.25, 0.3) is 55.7 Å². The summed E-state index contributed by atoms with van der Waals surface area (Å²) in [5, 5.41) is 3.67. The molecule has 1 radical (unpaired) electrons. The van der Waals surface area contributed by atoms with Crippen molar-refractivity contribution in [3.05, 3.63) is 108 Å². The Morgan fingerprint density at radius 3 is 2.28 bits per heavy atom. The maximum absolute atomic E-state index is 6.34. The molecule has 0 amide bonds. The van der Waals surface area contributed by atoms with Crippen molar-refractivity contribution in [2.24, 2.45) is 5.92 Å². The largest absolute Gasteiger partial charge is 0.486 e. The summed E-state index contributed by atoms with van der Waals surface area (Å²) in [6, 6.07) is 31.9. The fourth-order valence-electron chi connectivity index (χ4n) is 6.67. The van der Waals surface area contributed by atoms with Gasteiger partial charge in [0, 0.05) is 43.4 Å². The van der Waals surface area contributed by atoms with Crippen molar-refractivity contribution in [3.8, 4) is 22.6 Å². The molecule has 50 heavy (non-hydrogen) atoms. The number of aromatic nitrogens is 4. The number of rotatable bonds is 7. The van der Waals surface area contributed by atoms with Gasteiger partial charge in [-0.05, 0) is 68.3 Å². The van der Waals surface area contributed by atoms with Gasteiger partial charge in [-0.2, -0.15) is 0 Å². The third-order valence-corrected chi connectivity index (χ3v) is 11.0. The van der Waals surface area contributed by atoms with Gasteiger partial charge in [0.05, 0.1) is 30.5 Å². The summed E-state index contributed by atoms with van der Waals surface area (Å²) in [7, 11) is -1.34. The maximum atomic E-state index is 6.34. The molecule has 0 spiro atoms. The number of hydrogen-bond donors (Lipinski definition) is 0. The van der Waals surface area contributed by atoms with Gasteiger partial charge in [0.25, 0.3) is 0 Å². The predicted molar refractivity (Wildman–Crippen MR) is 208 cm³/mol. The molecular weight excluding hydrogens is 809 g/mol. The summed E-state index contributed by atoms with van der Waals surface area (Å²) in [6.45, 7) is 22.5. The van der Waals surface area contributed by atoms with E-state index in [2.05, 4.69) is 137 Å². The van der Waals surface area contributed by atoms with Crippen LogP contribution in [0.4, 0.5) is 0 Å². The van der Waals surface area contributed by atoms with Crippen LogP contribution in [0.5, 0.6) is 0 Å². The molecule has 3 aromatic carbocycles. The second-order valence-corrected chi connectivity index (χ2v) is 20.2. The number of benzene rings is 3. The van der Waals surface area contributed by atoms with Crippen molar-refractivity contribution >= 4 is 46.4 Å². The number of nitrogens with zero attached hydrogens (tertiary/aromatic N) is 4. The minimum absolute atomic E-state index is 0. The van der Waals surface area contributed by atoms with Crippen LogP contribution >= 0.6 is 0 Å². The molecule has 0 fully saturated rings. The van der Waals surface area contributed by atoms with Crippen molar-refractivity contribution in [1.29, 1.82) is 0 Å². The molecule has 7 rings (SSSR count). The Hall–Kier alpha value is -3.90. The number of para-hydroxylation sites is 2. The van der Waals surface area contributed by atoms with Gasteiger partial charge >= 0.3 is 0 Å². The summed E-state index contributed by atoms with van der Waals surface area (Å²) in [5.74, 6) is 1.91. The van der Waals surface area contributed by atoms with E-state index in [1.54, 1.807) is 0 Å². The van der Waals surface area contributed by atoms with Gasteiger partial charge in [0.1, 0.15) is 0 Å². The van der Waals surface area contributed by atoms with E-state index in [1.165, 1.54) is 16.3 Å². The van der Waals surface area contributed by atoms with Crippen molar-refractivity contribution in [2.75, 3.05) is 0 Å². The Bertz CT molecular complexity index is 2240. The third kappa shape index (κ3) is 7.56. The normalized spacial score (nSPS) is 11.9. The molecule has 0 bridgehead atoms. The van der Waals surface area contributed by atoms with Crippen LogP contribution in [-0.2, 0) is 26.5 Å². The first-order valence-corrected chi connectivity index (χ1v) is 21.0. The van der Waals surface area contributed by atoms with Crippen molar-refractivity contribution in [1.82, 2.24) is 19.5 Å². The number of pyridine rings is 2. The standard InChI is InChI=1S/C25H24N3O.C18H24NSi.Ir/c1-14(2)17-12-13-19(23-22(17)18-11-10-16(5)26-25(18)29-23)24-27-20-8-6-7-9-21(20)28(24)15(3)4;1-14(2)11-16-12-17(15-9-7-6-8-10-15)19-13-18(16)20(3,4)5;/h6-12,14-15H,1-5H3;6-9,12-14H,11H2,1-5H3;/q2*-1;. The summed E-state index contributed by atoms with van der Waals surface area (Å²) in [4.78, 5) is 14.3. The van der Waals surface area contributed by atoms with Gasteiger partial charge in [-0.3, -0.25) is 4.98 Å². The minimum Gasteiger partial charge on any atom is -0.486 e. The van der Waals surface area contributed by atoms with Gasteiger partial charge < -0.3 is 14.0 Å². The van der Waals surface area contributed by atoms with Gasteiger partial charge in [-0.1, -0.05) is 88.0 Å². The first-order chi connectivity index (χ1) is 23.3. The van der Waals surface area contributed by atoms with E-state index in [9.17, 15) is 0 Å². The van der Waals surface area contributed by atoms with E-state index in [0.717, 1.165) is 62.1 Å². The molecule has 0 aliphatic heterocycles. The summed E-state index contributed by atoms with van der Waals surface area (Å²) in [6.07, 6.45) is 3.24. The molecular formula is C43H48IrN4OSi-2. The predicted octanol–water partition coefficient (Wildman–Crippen LogP) is 11.1. The number of fused-ring (bicyclic) bond motifs is 4. The Morgan fingerprint density at radius 2 is 1.62 bits per heavy atom. The molecule has 4 aromatic heterocycles. The van der Waals surface area contributed by atoms with Gasteiger partial charge in [-0.25, -0.2) is 4.98 Å². The molecule has 0 aliphatic carbocycles. The zero-order chi connectivity index (χ0) is 35.0. The van der Waals surface area contributed by atoms with Crippen molar-refractivity contribution in [3.63, 3.8) is 0 Å². The quantitative estimate of drug-likeness (QED) is 0.118. The van der Waals surface area contributed by atoms with Crippen LogP contribution in [0.3, 0.4) is 0 Å². The molecule has 261 valence electrons. The van der Waals surface area contributed by atoms with E-state index < -0.39 is 8.07 Å². The second-order valence-electron chi connectivity index (χ2n) is 15.1. The fourth-order valence-corrected chi connectivity index (χ4v) is 8.26. The summed E-state index contributed by atoms with van der Waals surface area (Å²) < 4.78 is 8.61. The molecule has 0 saturated heterocycles. The van der Waals surface area contributed by atoms with Crippen molar-refractivity contribution < 1.29 is 24.5 Å². The molecule has 0 N–H and O–H groups in total. The Labute approximate surface area is 311 Å². The zero-order valence-corrected chi connectivity index (χ0v) is 34.4. The van der Waals surface area contributed by atoms with Crippen LogP contribution in [0, 0.1) is 25.0 Å². The number of hydrogen-bond acceptors (Lipinski definition) is 4. The topological polar surface area (TPSA) is 56.7 Å². The number of furan rings is 1. The van der Waals surface area contributed by atoms with Gasteiger partial charge in [0.15, 0.2) is 0 Å². The first kappa shape index (κ1) is 37.4. The van der Waals surface area contributed by atoms with E-state index in [0.29, 0.717) is 17.5 Å². The van der Waals surface area contributed by atoms with Crippen LogP contribution in [0.2, 0.25) is 19.6 Å². The third-order valence-electron chi connectivity index (χ3n) is 8.95. The maximum Gasteiger partial charge on any atom is 0.216 e. The van der Waals surface area contributed by atoms with E-state index in [-0.39, 0.29) is 26.1 Å². The van der Waals surface area contributed by atoms with E-state index in [4.69, 9.17) is 9.40 Å². The Balaban J connectivity index is 0.000000204. The molecule has 0 atom stereocenters.